The van der Waals surface area contributed by atoms with Gasteiger partial charge in [0.25, 0.3) is 0 Å². The van der Waals surface area contributed by atoms with Crippen LogP contribution in [0.4, 0.5) is 0 Å². The summed E-state index contributed by atoms with van der Waals surface area (Å²) in [4.78, 5) is 24.1. The predicted molar refractivity (Wildman–Crippen MR) is 106 cm³/mol. The number of aliphatic carboxylic acids is 1. The number of carbonyl (C=O) groups excluding carboxylic acids is 1. The second-order valence-corrected chi connectivity index (χ2v) is 7.35. The van der Waals surface area contributed by atoms with Crippen LogP contribution < -0.4 is 0 Å². The molecule has 0 amide bonds. The minimum atomic E-state index is -0.859. The molecule has 0 bridgehead atoms. The third kappa shape index (κ3) is 3.40. The topological polar surface area (TPSA) is 68.5 Å². The largest absolute Gasteiger partial charge is 0.480 e. The third-order valence-electron chi connectivity index (χ3n) is 5.56. The van der Waals surface area contributed by atoms with Crippen LogP contribution in [-0.2, 0) is 33.7 Å². The highest BCUT2D eigenvalue weighted by molar-refractivity contribution is 5.88. The van der Waals surface area contributed by atoms with E-state index in [0.717, 1.165) is 27.7 Å². The number of carbonyl (C=O) groups is 2. The van der Waals surface area contributed by atoms with Gasteiger partial charge in [-0.25, -0.2) is 0 Å². The Hall–Kier alpha value is -3.08. The Morgan fingerprint density at radius 2 is 1.86 bits per heavy atom. The number of carboxylic acid groups (broad SMARTS) is 1. The van der Waals surface area contributed by atoms with E-state index < -0.39 is 5.97 Å². The molecule has 1 aromatic heterocycles. The van der Waals surface area contributed by atoms with E-state index in [1.165, 1.54) is 0 Å². The van der Waals surface area contributed by atoms with Crippen LogP contribution >= 0.6 is 0 Å². The van der Waals surface area contributed by atoms with Crippen molar-refractivity contribution in [3.63, 3.8) is 0 Å². The minimum absolute atomic E-state index is 0.0595. The van der Waals surface area contributed by atoms with Gasteiger partial charge in [-0.05, 0) is 43.4 Å². The number of fused-ring (bicyclic) bond motifs is 3. The summed E-state index contributed by atoms with van der Waals surface area (Å²) in [5, 5.41) is 10.3. The molecule has 5 heteroatoms. The first-order valence-electron chi connectivity index (χ1n) is 9.61. The highest BCUT2D eigenvalue weighted by atomic mass is 16.5. The normalized spacial score (nSPS) is 17.1. The number of carboxylic acids is 1. The molecule has 4 rings (SSSR count). The molecule has 1 heterocycles. The third-order valence-corrected chi connectivity index (χ3v) is 5.56. The van der Waals surface area contributed by atoms with Crippen molar-refractivity contribution < 1.29 is 19.4 Å². The quantitative estimate of drug-likeness (QED) is 0.679. The summed E-state index contributed by atoms with van der Waals surface area (Å²) in [6.07, 6.45) is 1.64. The van der Waals surface area contributed by atoms with E-state index >= 15 is 0 Å². The van der Waals surface area contributed by atoms with Crippen LogP contribution in [0, 0.1) is 5.92 Å². The summed E-state index contributed by atoms with van der Waals surface area (Å²) in [5.74, 6) is -1.25. The highest BCUT2D eigenvalue weighted by Crippen LogP contribution is 2.35. The van der Waals surface area contributed by atoms with Crippen LogP contribution in [0.5, 0.6) is 0 Å². The van der Waals surface area contributed by atoms with Crippen LogP contribution in [-0.4, -0.2) is 21.6 Å². The fourth-order valence-corrected chi connectivity index (χ4v) is 4.18. The predicted octanol–water partition coefficient (Wildman–Crippen LogP) is 4.14. The van der Waals surface area contributed by atoms with Gasteiger partial charge in [-0.1, -0.05) is 48.5 Å². The van der Waals surface area contributed by atoms with E-state index in [0.29, 0.717) is 19.3 Å². The molecule has 0 saturated carbocycles. The van der Waals surface area contributed by atoms with Crippen LogP contribution in [0.2, 0.25) is 0 Å². The van der Waals surface area contributed by atoms with Crippen molar-refractivity contribution in [3.05, 3.63) is 71.4 Å². The van der Waals surface area contributed by atoms with Crippen molar-refractivity contribution in [3.8, 4) is 0 Å². The number of ether oxygens (including phenoxy) is 1. The summed E-state index contributed by atoms with van der Waals surface area (Å²) in [6.45, 7) is 1.83. The van der Waals surface area contributed by atoms with Crippen molar-refractivity contribution in [1.29, 1.82) is 0 Å². The van der Waals surface area contributed by atoms with Gasteiger partial charge in [-0.15, -0.1) is 0 Å². The smallest absolute Gasteiger partial charge is 0.323 e. The molecule has 0 saturated heterocycles. The monoisotopic (exact) mass is 377 g/mol. The second-order valence-electron chi connectivity index (χ2n) is 7.35. The van der Waals surface area contributed by atoms with Crippen molar-refractivity contribution in [2.24, 2.45) is 5.92 Å². The van der Waals surface area contributed by atoms with Crippen molar-refractivity contribution in [1.82, 2.24) is 4.57 Å². The standard InChI is InChI=1S/C23H23NO4/c1-15(16-7-3-2-4-8-16)28-23(27)17-11-12-21-19(13-17)18-9-5-6-10-20(18)24(21)14-22(25)26/h2-10,15,17H,11-14H2,1H3,(H,25,26)/t15-,17?/m1/s1. The number of aromatic nitrogens is 1. The molecule has 0 spiro atoms. The van der Waals surface area contributed by atoms with Gasteiger partial charge < -0.3 is 14.4 Å². The average Bonchev–Trinajstić information content (AvgIpc) is 3.01. The highest BCUT2D eigenvalue weighted by Gasteiger charge is 2.31. The summed E-state index contributed by atoms with van der Waals surface area (Å²) in [6, 6.07) is 17.5. The van der Waals surface area contributed by atoms with Crippen LogP contribution in [0.1, 0.15) is 36.3 Å². The number of hydrogen-bond donors (Lipinski definition) is 1. The lowest BCUT2D eigenvalue weighted by molar-refractivity contribution is -0.154. The minimum Gasteiger partial charge on any atom is -0.480 e. The molecule has 1 aliphatic carbocycles. The van der Waals surface area contributed by atoms with Crippen LogP contribution in [0.25, 0.3) is 10.9 Å². The zero-order valence-corrected chi connectivity index (χ0v) is 15.8. The number of nitrogens with zero attached hydrogens (tertiary/aromatic N) is 1. The molecule has 3 aromatic rings. The molecule has 0 radical (unpaired) electrons. The first kappa shape index (κ1) is 18.3. The van der Waals surface area contributed by atoms with E-state index in [1.807, 2.05) is 66.1 Å². The van der Waals surface area contributed by atoms with Gasteiger partial charge in [0.1, 0.15) is 12.6 Å². The second kappa shape index (κ2) is 7.50. The van der Waals surface area contributed by atoms with E-state index in [1.54, 1.807) is 0 Å². The molecule has 1 aliphatic rings. The van der Waals surface area contributed by atoms with Gasteiger partial charge >= 0.3 is 11.9 Å². The Balaban J connectivity index is 1.58. The molecule has 5 nitrogen and oxygen atoms in total. The number of benzene rings is 2. The van der Waals surface area contributed by atoms with E-state index in [2.05, 4.69) is 0 Å². The van der Waals surface area contributed by atoms with Gasteiger partial charge in [0.2, 0.25) is 0 Å². The Bertz CT molecular complexity index is 1020. The fraction of sp³-hybridized carbons (Fsp3) is 0.304. The maximum absolute atomic E-state index is 12.8. The lowest BCUT2D eigenvalue weighted by Gasteiger charge is -2.24. The van der Waals surface area contributed by atoms with Gasteiger partial charge in [0, 0.05) is 16.6 Å². The van der Waals surface area contributed by atoms with Gasteiger partial charge in [0.05, 0.1) is 5.92 Å². The van der Waals surface area contributed by atoms with Gasteiger partial charge in [0.15, 0.2) is 0 Å². The molecule has 1 unspecified atom stereocenters. The van der Waals surface area contributed by atoms with Gasteiger partial charge in [-0.3, -0.25) is 9.59 Å². The molecular formula is C23H23NO4. The lowest BCUT2D eigenvalue weighted by Crippen LogP contribution is -2.26. The molecule has 0 aliphatic heterocycles. The molecular weight excluding hydrogens is 354 g/mol. The van der Waals surface area contributed by atoms with Crippen molar-refractivity contribution in [2.45, 2.75) is 38.8 Å². The number of hydrogen-bond acceptors (Lipinski definition) is 3. The fourth-order valence-electron chi connectivity index (χ4n) is 4.18. The SMILES string of the molecule is C[C@@H](OC(=O)C1CCc2c(c3ccccc3n2CC(=O)O)C1)c1ccccc1. The molecule has 144 valence electrons. The zero-order valence-electron chi connectivity index (χ0n) is 15.8. The summed E-state index contributed by atoms with van der Waals surface area (Å²) in [7, 11) is 0. The average molecular weight is 377 g/mol. The Morgan fingerprint density at radius 1 is 1.14 bits per heavy atom. The van der Waals surface area contributed by atoms with Crippen molar-refractivity contribution >= 4 is 22.8 Å². The maximum atomic E-state index is 12.8. The summed E-state index contributed by atoms with van der Waals surface area (Å²) >= 11 is 0. The van der Waals surface area contributed by atoms with E-state index in [4.69, 9.17) is 4.74 Å². The maximum Gasteiger partial charge on any atom is 0.323 e. The summed E-state index contributed by atoms with van der Waals surface area (Å²) in [5.41, 5.74) is 4.01. The first-order chi connectivity index (χ1) is 13.5. The molecule has 2 atom stereocenters. The Kier molecular flexibility index (Phi) is 4.90. The molecule has 1 N–H and O–H groups in total. The summed E-state index contributed by atoms with van der Waals surface area (Å²) < 4.78 is 7.61. The first-order valence-corrected chi connectivity index (χ1v) is 9.61. The van der Waals surface area contributed by atoms with Crippen molar-refractivity contribution in [2.75, 3.05) is 0 Å². The Labute approximate surface area is 163 Å². The molecule has 28 heavy (non-hydrogen) atoms. The number of rotatable bonds is 5. The van der Waals surface area contributed by atoms with E-state index in [9.17, 15) is 14.7 Å². The number of esters is 1. The van der Waals surface area contributed by atoms with Crippen LogP contribution in [0.15, 0.2) is 54.6 Å². The lowest BCUT2D eigenvalue weighted by atomic mass is 9.86. The van der Waals surface area contributed by atoms with Gasteiger partial charge in [-0.2, -0.15) is 0 Å². The molecule has 0 fully saturated rings. The zero-order chi connectivity index (χ0) is 19.7. The van der Waals surface area contributed by atoms with E-state index in [-0.39, 0.29) is 24.5 Å². The number of para-hydroxylation sites is 1. The van der Waals surface area contributed by atoms with Crippen LogP contribution in [0.3, 0.4) is 0 Å². The Morgan fingerprint density at radius 3 is 2.61 bits per heavy atom. The molecule has 2 aromatic carbocycles.